The number of rotatable bonds is 5. The maximum atomic E-state index is 10.7. The van der Waals surface area contributed by atoms with Crippen LogP contribution >= 0.6 is 0 Å². The van der Waals surface area contributed by atoms with Crippen molar-refractivity contribution in [3.8, 4) is 0 Å². The van der Waals surface area contributed by atoms with Gasteiger partial charge in [-0.05, 0) is 19.9 Å². The second kappa shape index (κ2) is 7.12. The normalized spacial score (nSPS) is 10.0. The number of ether oxygens (including phenoxy) is 2. The number of hydrogen-bond acceptors (Lipinski definition) is 3. The van der Waals surface area contributed by atoms with Gasteiger partial charge in [-0.3, -0.25) is 4.79 Å². The molecule has 0 aromatic heterocycles. The zero-order chi connectivity index (χ0) is 8.53. The van der Waals surface area contributed by atoms with Crippen LogP contribution in [-0.2, 0) is 14.3 Å². The van der Waals surface area contributed by atoms with Crippen LogP contribution in [0, 0.1) is 0 Å². The summed E-state index contributed by atoms with van der Waals surface area (Å²) in [6.45, 7) is 4.72. The van der Waals surface area contributed by atoms with Crippen LogP contribution in [0.1, 0.15) is 20.3 Å². The van der Waals surface area contributed by atoms with E-state index in [1.165, 1.54) is 6.26 Å². The largest absolute Gasteiger partial charge is 0.502 e. The molecule has 0 aromatic carbocycles. The van der Waals surface area contributed by atoms with Crippen molar-refractivity contribution in [1.29, 1.82) is 0 Å². The Morgan fingerprint density at radius 1 is 1.36 bits per heavy atom. The molecule has 0 heterocycles. The molecule has 0 saturated heterocycles. The van der Waals surface area contributed by atoms with Gasteiger partial charge in [0.2, 0.25) is 0 Å². The molecule has 0 rings (SSSR count). The van der Waals surface area contributed by atoms with Crippen molar-refractivity contribution in [1.82, 2.24) is 0 Å². The Bertz CT molecular complexity index is 129. The van der Waals surface area contributed by atoms with E-state index < -0.39 is 0 Å². The highest BCUT2D eigenvalue weighted by Crippen LogP contribution is 1.88. The van der Waals surface area contributed by atoms with Gasteiger partial charge in [-0.25, -0.2) is 0 Å². The third kappa shape index (κ3) is 6.90. The lowest BCUT2D eigenvalue weighted by molar-refractivity contribution is -0.142. The summed E-state index contributed by atoms with van der Waals surface area (Å²) in [6.07, 6.45) is 3.44. The van der Waals surface area contributed by atoms with Crippen LogP contribution in [0.15, 0.2) is 12.3 Å². The minimum Gasteiger partial charge on any atom is -0.502 e. The minimum absolute atomic E-state index is 0.219. The smallest absolute Gasteiger partial charge is 0.309 e. The summed E-state index contributed by atoms with van der Waals surface area (Å²) < 4.78 is 9.55. The van der Waals surface area contributed by atoms with E-state index in [1.807, 2.05) is 6.92 Å². The summed E-state index contributed by atoms with van der Waals surface area (Å²) >= 11 is 0. The fourth-order valence-electron chi connectivity index (χ4n) is 0.529. The summed E-state index contributed by atoms with van der Waals surface area (Å²) in [5.41, 5.74) is 0. The van der Waals surface area contributed by atoms with Gasteiger partial charge in [0.15, 0.2) is 0 Å². The van der Waals surface area contributed by atoms with Crippen molar-refractivity contribution in [2.75, 3.05) is 13.2 Å². The van der Waals surface area contributed by atoms with Crippen molar-refractivity contribution < 1.29 is 14.3 Å². The van der Waals surface area contributed by atoms with E-state index >= 15 is 0 Å². The van der Waals surface area contributed by atoms with Crippen molar-refractivity contribution in [3.05, 3.63) is 12.3 Å². The lowest BCUT2D eigenvalue weighted by atomic mass is 10.4. The molecule has 0 N–H and O–H groups in total. The molecular weight excluding hydrogens is 144 g/mol. The van der Waals surface area contributed by atoms with E-state index in [1.54, 1.807) is 13.0 Å². The molecule has 0 amide bonds. The maximum Gasteiger partial charge on any atom is 0.309 e. The quantitative estimate of drug-likeness (QED) is 0.449. The van der Waals surface area contributed by atoms with Gasteiger partial charge < -0.3 is 9.47 Å². The van der Waals surface area contributed by atoms with Crippen LogP contribution in [0.3, 0.4) is 0 Å². The predicted molar refractivity (Wildman–Crippen MR) is 42.0 cm³/mol. The van der Waals surface area contributed by atoms with E-state index in [9.17, 15) is 4.79 Å². The van der Waals surface area contributed by atoms with Gasteiger partial charge in [0.05, 0.1) is 25.9 Å². The molecule has 0 aromatic rings. The molecule has 64 valence electrons. The van der Waals surface area contributed by atoms with Crippen molar-refractivity contribution in [2.45, 2.75) is 20.3 Å². The second-order valence-electron chi connectivity index (χ2n) is 1.84. The molecule has 0 aliphatic carbocycles. The van der Waals surface area contributed by atoms with Crippen molar-refractivity contribution in [2.24, 2.45) is 0 Å². The highest BCUT2D eigenvalue weighted by atomic mass is 16.5. The first-order chi connectivity index (χ1) is 5.31. The van der Waals surface area contributed by atoms with Crippen LogP contribution in [0.4, 0.5) is 0 Å². The Morgan fingerprint density at radius 2 is 2.09 bits per heavy atom. The molecule has 0 aliphatic heterocycles. The van der Waals surface area contributed by atoms with Crippen LogP contribution in [-0.4, -0.2) is 19.2 Å². The van der Waals surface area contributed by atoms with Gasteiger partial charge in [0, 0.05) is 0 Å². The molecule has 0 spiro atoms. The van der Waals surface area contributed by atoms with E-state index in [-0.39, 0.29) is 12.4 Å². The Morgan fingerprint density at radius 3 is 2.64 bits per heavy atom. The first-order valence-corrected chi connectivity index (χ1v) is 3.73. The fourth-order valence-corrected chi connectivity index (χ4v) is 0.529. The monoisotopic (exact) mass is 158 g/mol. The average molecular weight is 158 g/mol. The SMILES string of the molecule is CCO/C=C/CC(=O)OCC. The molecule has 0 fully saturated rings. The van der Waals surface area contributed by atoms with Crippen LogP contribution in [0.5, 0.6) is 0 Å². The summed E-state index contributed by atoms with van der Waals surface area (Å²) in [5.74, 6) is -0.219. The van der Waals surface area contributed by atoms with Gasteiger partial charge in [0.1, 0.15) is 0 Å². The minimum atomic E-state index is -0.219. The molecule has 11 heavy (non-hydrogen) atoms. The number of hydrogen-bond donors (Lipinski definition) is 0. The Labute approximate surface area is 67.0 Å². The lowest BCUT2D eigenvalue weighted by Crippen LogP contribution is -2.01. The first kappa shape index (κ1) is 10.0. The van der Waals surface area contributed by atoms with E-state index in [4.69, 9.17) is 4.74 Å². The van der Waals surface area contributed by atoms with Gasteiger partial charge in [-0.2, -0.15) is 0 Å². The molecule has 3 heteroatoms. The van der Waals surface area contributed by atoms with Crippen molar-refractivity contribution >= 4 is 5.97 Å². The molecule has 0 aliphatic rings. The highest BCUT2D eigenvalue weighted by molar-refractivity contribution is 5.70. The Hall–Kier alpha value is -0.990. The molecule has 0 atom stereocenters. The molecule has 0 unspecified atom stereocenters. The predicted octanol–water partition coefficient (Wildman–Crippen LogP) is 1.49. The van der Waals surface area contributed by atoms with Gasteiger partial charge in [-0.15, -0.1) is 0 Å². The highest BCUT2D eigenvalue weighted by Gasteiger charge is 1.95. The first-order valence-electron chi connectivity index (χ1n) is 3.73. The molecular formula is C8H14O3. The standard InChI is InChI=1S/C8H14O3/c1-3-10-7-5-6-8(9)11-4-2/h5,7H,3-4,6H2,1-2H3/b7-5+. The summed E-state index contributed by atoms with van der Waals surface area (Å²) in [6, 6.07) is 0. The lowest BCUT2D eigenvalue weighted by Gasteiger charge is -1.96. The second-order valence-corrected chi connectivity index (χ2v) is 1.84. The maximum absolute atomic E-state index is 10.7. The number of esters is 1. The van der Waals surface area contributed by atoms with Gasteiger partial charge >= 0.3 is 5.97 Å². The number of carbonyl (C=O) groups is 1. The van der Waals surface area contributed by atoms with E-state index in [0.717, 1.165) is 0 Å². The average Bonchev–Trinajstić information content (AvgIpc) is 1.99. The van der Waals surface area contributed by atoms with Crippen molar-refractivity contribution in [3.63, 3.8) is 0 Å². The Balaban J connectivity index is 3.29. The zero-order valence-corrected chi connectivity index (χ0v) is 7.00. The summed E-state index contributed by atoms with van der Waals surface area (Å²) in [5, 5.41) is 0. The third-order valence-electron chi connectivity index (χ3n) is 0.949. The van der Waals surface area contributed by atoms with Crippen LogP contribution < -0.4 is 0 Å². The molecule has 0 radical (unpaired) electrons. The fraction of sp³-hybridized carbons (Fsp3) is 0.625. The summed E-state index contributed by atoms with van der Waals surface area (Å²) in [4.78, 5) is 10.7. The number of carbonyl (C=O) groups excluding carboxylic acids is 1. The molecule has 0 bridgehead atoms. The summed E-state index contributed by atoms with van der Waals surface area (Å²) in [7, 11) is 0. The Kier molecular flexibility index (Phi) is 6.48. The van der Waals surface area contributed by atoms with Crippen LogP contribution in [0.25, 0.3) is 0 Å². The van der Waals surface area contributed by atoms with Crippen LogP contribution in [0.2, 0.25) is 0 Å². The van der Waals surface area contributed by atoms with Gasteiger partial charge in [0.25, 0.3) is 0 Å². The third-order valence-corrected chi connectivity index (χ3v) is 0.949. The van der Waals surface area contributed by atoms with E-state index in [2.05, 4.69) is 4.74 Å². The van der Waals surface area contributed by atoms with E-state index in [0.29, 0.717) is 13.2 Å². The molecule has 0 saturated carbocycles. The van der Waals surface area contributed by atoms with Gasteiger partial charge in [-0.1, -0.05) is 0 Å². The zero-order valence-electron chi connectivity index (χ0n) is 7.00. The topological polar surface area (TPSA) is 35.5 Å². The molecule has 3 nitrogen and oxygen atoms in total.